The van der Waals surface area contributed by atoms with E-state index in [9.17, 15) is 4.79 Å². The molecule has 0 unspecified atom stereocenters. The van der Waals surface area contributed by atoms with Crippen LogP contribution in [0.5, 0.6) is 0 Å². The summed E-state index contributed by atoms with van der Waals surface area (Å²) in [5, 5.41) is 4.06. The van der Waals surface area contributed by atoms with Crippen molar-refractivity contribution in [2.75, 3.05) is 5.32 Å². The molecule has 1 heterocycles. The van der Waals surface area contributed by atoms with Crippen molar-refractivity contribution in [1.82, 2.24) is 4.98 Å². The normalized spacial score (nSPS) is 11.0. The molecule has 0 saturated heterocycles. The zero-order valence-corrected chi connectivity index (χ0v) is 15.5. The maximum absolute atomic E-state index is 12.1. The van der Waals surface area contributed by atoms with Crippen molar-refractivity contribution in [2.24, 2.45) is 0 Å². The summed E-state index contributed by atoms with van der Waals surface area (Å²) < 4.78 is 0. The van der Waals surface area contributed by atoms with Crippen molar-refractivity contribution in [3.05, 3.63) is 75.6 Å². The summed E-state index contributed by atoms with van der Waals surface area (Å²) in [6.07, 6.45) is 3.30. The minimum Gasteiger partial charge on any atom is -0.298 e. The number of anilines is 1. The molecule has 0 aliphatic carbocycles. The van der Waals surface area contributed by atoms with E-state index in [1.165, 1.54) is 23.0 Å². The van der Waals surface area contributed by atoms with Gasteiger partial charge in [0.25, 0.3) is 0 Å². The van der Waals surface area contributed by atoms with Crippen molar-refractivity contribution in [3.63, 3.8) is 0 Å². The number of carbonyl (C=O) groups excluding carboxylic acids is 1. The van der Waals surface area contributed by atoms with Crippen molar-refractivity contribution < 1.29 is 4.79 Å². The van der Waals surface area contributed by atoms with E-state index in [-0.39, 0.29) is 5.91 Å². The Morgan fingerprint density at radius 1 is 1.16 bits per heavy atom. The number of benzene rings is 2. The second kappa shape index (κ2) is 7.64. The number of aromatic nitrogens is 1. The predicted octanol–water partition coefficient (Wildman–Crippen LogP) is 5.73. The van der Waals surface area contributed by atoms with E-state index in [2.05, 4.69) is 10.3 Å². The summed E-state index contributed by atoms with van der Waals surface area (Å²) in [6, 6.07) is 15.5. The Morgan fingerprint density at radius 2 is 1.92 bits per heavy atom. The number of hydrogen-bond donors (Lipinski definition) is 1. The zero-order valence-electron chi connectivity index (χ0n) is 13.9. The highest BCUT2D eigenvalue weighted by Gasteiger charge is 2.11. The Hall–Kier alpha value is -2.43. The lowest BCUT2D eigenvalue weighted by Crippen LogP contribution is -2.07. The van der Waals surface area contributed by atoms with Gasteiger partial charge in [-0.1, -0.05) is 53.6 Å². The lowest BCUT2D eigenvalue weighted by Gasteiger charge is -1.99. The van der Waals surface area contributed by atoms with Crippen LogP contribution < -0.4 is 5.32 Å². The maximum Gasteiger partial charge on any atom is 0.250 e. The molecule has 0 aliphatic rings. The van der Waals surface area contributed by atoms with E-state index in [1.54, 1.807) is 6.08 Å². The quantitative estimate of drug-likeness (QED) is 0.597. The average molecular weight is 369 g/mol. The number of thiazole rings is 1. The van der Waals surface area contributed by atoms with E-state index < -0.39 is 0 Å². The van der Waals surface area contributed by atoms with Gasteiger partial charge in [0.2, 0.25) is 5.91 Å². The number of rotatable bonds is 4. The Kier molecular flexibility index (Phi) is 5.31. The molecule has 126 valence electrons. The monoisotopic (exact) mass is 368 g/mol. The third-order valence-corrected chi connectivity index (χ3v) is 4.75. The van der Waals surface area contributed by atoms with E-state index in [4.69, 9.17) is 11.6 Å². The Balaban J connectivity index is 1.72. The fourth-order valence-corrected chi connectivity index (χ4v) is 3.38. The number of hydrogen-bond acceptors (Lipinski definition) is 3. The largest absolute Gasteiger partial charge is 0.298 e. The molecular formula is C20H17ClN2OS. The first-order valence-corrected chi connectivity index (χ1v) is 9.00. The van der Waals surface area contributed by atoms with E-state index in [0.29, 0.717) is 10.2 Å². The average Bonchev–Trinajstić information content (AvgIpc) is 2.94. The number of aryl methyl sites for hydroxylation is 2. The summed E-state index contributed by atoms with van der Waals surface area (Å²) in [6.45, 7) is 4.01. The number of carbonyl (C=O) groups is 1. The van der Waals surface area contributed by atoms with Crippen LogP contribution in [-0.2, 0) is 4.79 Å². The topological polar surface area (TPSA) is 42.0 Å². The van der Waals surface area contributed by atoms with Crippen molar-refractivity contribution in [1.29, 1.82) is 0 Å². The molecule has 3 nitrogen and oxygen atoms in total. The first kappa shape index (κ1) is 17.4. The van der Waals surface area contributed by atoms with Gasteiger partial charge in [-0.3, -0.25) is 10.1 Å². The minimum absolute atomic E-state index is 0.202. The molecule has 3 aromatic rings. The third-order valence-electron chi connectivity index (χ3n) is 3.63. The molecule has 3 rings (SSSR count). The summed E-state index contributed by atoms with van der Waals surface area (Å²) in [4.78, 5) is 17.7. The summed E-state index contributed by atoms with van der Waals surface area (Å²) in [5.74, 6) is -0.202. The molecule has 25 heavy (non-hydrogen) atoms. The third kappa shape index (κ3) is 4.56. The first-order chi connectivity index (χ1) is 12.0. The van der Waals surface area contributed by atoms with E-state index >= 15 is 0 Å². The van der Waals surface area contributed by atoms with Crippen molar-refractivity contribution in [3.8, 4) is 11.3 Å². The van der Waals surface area contributed by atoms with Crippen LogP contribution in [0, 0.1) is 13.8 Å². The van der Waals surface area contributed by atoms with Gasteiger partial charge in [0, 0.05) is 21.5 Å². The Bertz CT molecular complexity index is 929. The van der Waals surface area contributed by atoms with Crippen LogP contribution >= 0.6 is 22.9 Å². The molecule has 0 fully saturated rings. The Morgan fingerprint density at radius 3 is 2.64 bits per heavy atom. The van der Waals surface area contributed by atoms with Crippen LogP contribution in [0.25, 0.3) is 17.3 Å². The molecule has 0 saturated carbocycles. The number of nitrogens with zero attached hydrogens (tertiary/aromatic N) is 1. The fourth-order valence-electron chi connectivity index (χ4n) is 2.35. The van der Waals surface area contributed by atoms with Crippen LogP contribution in [-0.4, -0.2) is 10.9 Å². The van der Waals surface area contributed by atoms with Gasteiger partial charge in [-0.05, 0) is 37.6 Å². The zero-order chi connectivity index (χ0) is 17.8. The van der Waals surface area contributed by atoms with Crippen LogP contribution in [0.2, 0.25) is 5.02 Å². The summed E-state index contributed by atoms with van der Waals surface area (Å²) in [7, 11) is 0. The minimum atomic E-state index is -0.202. The Labute approximate surface area is 156 Å². The first-order valence-electron chi connectivity index (χ1n) is 7.80. The molecule has 0 spiro atoms. The van der Waals surface area contributed by atoms with Gasteiger partial charge < -0.3 is 0 Å². The van der Waals surface area contributed by atoms with Gasteiger partial charge in [-0.2, -0.15) is 0 Å². The van der Waals surface area contributed by atoms with E-state index in [0.717, 1.165) is 21.7 Å². The standard InChI is InChI=1S/C20H17ClN2OS/c1-13-6-8-15(9-7-13)10-11-18(24)22-20-23-19(14(2)25-20)16-4-3-5-17(21)12-16/h3-12H,1-2H3,(H,22,23,24). The second-order valence-electron chi connectivity index (χ2n) is 5.67. The lowest BCUT2D eigenvalue weighted by atomic mass is 10.1. The molecule has 2 aromatic carbocycles. The van der Waals surface area contributed by atoms with Gasteiger partial charge >= 0.3 is 0 Å². The molecule has 0 radical (unpaired) electrons. The molecule has 1 aromatic heterocycles. The number of halogens is 1. The van der Waals surface area contributed by atoms with Gasteiger partial charge in [0.15, 0.2) is 5.13 Å². The van der Waals surface area contributed by atoms with Crippen LogP contribution in [0.15, 0.2) is 54.6 Å². The van der Waals surface area contributed by atoms with Gasteiger partial charge in [-0.15, -0.1) is 11.3 Å². The summed E-state index contributed by atoms with van der Waals surface area (Å²) in [5.41, 5.74) is 3.95. The van der Waals surface area contributed by atoms with Gasteiger partial charge in [0.1, 0.15) is 0 Å². The maximum atomic E-state index is 12.1. The van der Waals surface area contributed by atoms with Gasteiger partial charge in [0.05, 0.1) is 5.69 Å². The highest BCUT2D eigenvalue weighted by atomic mass is 35.5. The van der Waals surface area contributed by atoms with Crippen molar-refractivity contribution in [2.45, 2.75) is 13.8 Å². The van der Waals surface area contributed by atoms with E-state index in [1.807, 2.05) is 62.4 Å². The lowest BCUT2D eigenvalue weighted by molar-refractivity contribution is -0.111. The molecule has 1 N–H and O–H groups in total. The molecule has 0 atom stereocenters. The van der Waals surface area contributed by atoms with Crippen molar-refractivity contribution >= 4 is 40.1 Å². The van der Waals surface area contributed by atoms with Crippen LogP contribution in [0.3, 0.4) is 0 Å². The molecule has 1 amide bonds. The molecular weight excluding hydrogens is 352 g/mol. The smallest absolute Gasteiger partial charge is 0.250 e. The number of amides is 1. The molecule has 5 heteroatoms. The fraction of sp³-hybridized carbons (Fsp3) is 0.100. The van der Waals surface area contributed by atoms with Crippen LogP contribution in [0.4, 0.5) is 5.13 Å². The second-order valence-corrected chi connectivity index (χ2v) is 7.31. The van der Waals surface area contributed by atoms with Gasteiger partial charge in [-0.25, -0.2) is 4.98 Å². The molecule has 0 aliphatic heterocycles. The summed E-state index contributed by atoms with van der Waals surface area (Å²) >= 11 is 7.49. The number of nitrogens with one attached hydrogen (secondary N) is 1. The predicted molar refractivity (Wildman–Crippen MR) is 106 cm³/mol. The molecule has 0 bridgehead atoms. The van der Waals surface area contributed by atoms with Crippen LogP contribution in [0.1, 0.15) is 16.0 Å². The highest BCUT2D eigenvalue weighted by molar-refractivity contribution is 7.16. The highest BCUT2D eigenvalue weighted by Crippen LogP contribution is 2.31. The SMILES string of the molecule is Cc1ccc(C=CC(=O)Nc2nc(-c3cccc(Cl)c3)c(C)s2)cc1.